The second kappa shape index (κ2) is 4.29. The van der Waals surface area contributed by atoms with Gasteiger partial charge in [-0.1, -0.05) is 32.9 Å². The second-order valence-electron chi connectivity index (χ2n) is 5.13. The second-order valence-corrected chi connectivity index (χ2v) is 5.66. The normalized spacial score (nSPS) is 27.2. The fourth-order valence-electron chi connectivity index (χ4n) is 2.00. The van der Waals surface area contributed by atoms with Crippen LogP contribution in [0.25, 0.3) is 0 Å². The van der Waals surface area contributed by atoms with Crippen molar-refractivity contribution < 1.29 is 4.74 Å². The lowest BCUT2D eigenvalue weighted by Crippen LogP contribution is -2.53. The summed E-state index contributed by atoms with van der Waals surface area (Å²) < 4.78 is 5.95. The number of benzene rings is 1. The summed E-state index contributed by atoms with van der Waals surface area (Å²) in [6, 6.07) is 8.35. The van der Waals surface area contributed by atoms with Gasteiger partial charge >= 0.3 is 0 Å². The van der Waals surface area contributed by atoms with Crippen molar-refractivity contribution in [1.82, 2.24) is 0 Å². The van der Waals surface area contributed by atoms with E-state index in [1.807, 2.05) is 0 Å². The molecular formula is C14H19ClO. The molecule has 0 amide bonds. The highest BCUT2D eigenvalue weighted by Crippen LogP contribution is 2.46. The molecule has 1 saturated carbocycles. The molecule has 1 fully saturated rings. The van der Waals surface area contributed by atoms with E-state index in [2.05, 4.69) is 45.0 Å². The number of rotatable bonds is 3. The maximum atomic E-state index is 6.17. The highest BCUT2D eigenvalue weighted by atomic mass is 35.5. The molecular weight excluding hydrogens is 220 g/mol. The molecule has 0 radical (unpaired) electrons. The predicted molar refractivity (Wildman–Crippen MR) is 68.3 cm³/mol. The van der Waals surface area contributed by atoms with Crippen LogP contribution in [0.15, 0.2) is 24.3 Å². The van der Waals surface area contributed by atoms with Gasteiger partial charge in [0, 0.05) is 17.2 Å². The summed E-state index contributed by atoms with van der Waals surface area (Å²) in [4.78, 5) is 0. The van der Waals surface area contributed by atoms with Gasteiger partial charge in [0.2, 0.25) is 0 Å². The fourth-order valence-corrected chi connectivity index (χ4v) is 2.31. The summed E-state index contributed by atoms with van der Waals surface area (Å²) >= 11 is 6.17. The minimum Gasteiger partial charge on any atom is -0.490 e. The van der Waals surface area contributed by atoms with Gasteiger partial charge in [0.25, 0.3) is 0 Å². The average molecular weight is 239 g/mol. The number of alkyl halides is 1. The lowest BCUT2D eigenvalue weighted by molar-refractivity contribution is -0.0130. The van der Waals surface area contributed by atoms with E-state index in [9.17, 15) is 0 Å². The maximum Gasteiger partial charge on any atom is 0.119 e. The van der Waals surface area contributed by atoms with E-state index in [1.165, 1.54) is 5.56 Å². The van der Waals surface area contributed by atoms with Crippen LogP contribution >= 0.6 is 11.6 Å². The van der Waals surface area contributed by atoms with E-state index in [0.29, 0.717) is 0 Å². The molecule has 0 saturated heterocycles. The van der Waals surface area contributed by atoms with Crippen LogP contribution in [0.4, 0.5) is 0 Å². The van der Waals surface area contributed by atoms with Gasteiger partial charge < -0.3 is 4.74 Å². The maximum absolute atomic E-state index is 6.17. The molecule has 1 aliphatic rings. The van der Waals surface area contributed by atoms with E-state index in [0.717, 1.165) is 18.6 Å². The van der Waals surface area contributed by atoms with Crippen molar-refractivity contribution in [1.29, 1.82) is 0 Å². The van der Waals surface area contributed by atoms with Crippen molar-refractivity contribution in [3.8, 4) is 5.75 Å². The van der Waals surface area contributed by atoms with Crippen LogP contribution in [0, 0.1) is 5.41 Å². The molecule has 2 rings (SSSR count). The molecule has 1 aromatic rings. The van der Waals surface area contributed by atoms with E-state index >= 15 is 0 Å². The minimum atomic E-state index is 0.0883. The lowest BCUT2D eigenvalue weighted by atomic mass is 9.68. The molecule has 1 nitrogen and oxygen atoms in total. The Hall–Kier alpha value is -0.690. The molecule has 0 heterocycles. The first kappa shape index (κ1) is 11.8. The van der Waals surface area contributed by atoms with Gasteiger partial charge in [-0.2, -0.15) is 0 Å². The molecule has 2 atom stereocenters. The predicted octanol–water partition coefficient (Wildman–Crippen LogP) is 4.03. The van der Waals surface area contributed by atoms with Crippen LogP contribution in [0.3, 0.4) is 0 Å². The van der Waals surface area contributed by atoms with Crippen LogP contribution in [0.1, 0.15) is 32.8 Å². The molecule has 0 N–H and O–H groups in total. The van der Waals surface area contributed by atoms with Gasteiger partial charge in [-0.05, 0) is 24.1 Å². The van der Waals surface area contributed by atoms with Gasteiger partial charge in [0.15, 0.2) is 0 Å². The van der Waals surface area contributed by atoms with Crippen molar-refractivity contribution in [3.63, 3.8) is 0 Å². The summed E-state index contributed by atoms with van der Waals surface area (Å²) in [5.74, 6) is 0.957. The van der Waals surface area contributed by atoms with E-state index in [4.69, 9.17) is 16.3 Å². The van der Waals surface area contributed by atoms with E-state index in [-0.39, 0.29) is 16.9 Å². The van der Waals surface area contributed by atoms with Crippen molar-refractivity contribution in [3.05, 3.63) is 29.8 Å². The SMILES string of the molecule is CCc1ccc(OC2CC(Cl)C2(C)C)cc1. The Morgan fingerprint density at radius 2 is 1.94 bits per heavy atom. The molecule has 0 aliphatic heterocycles. The first-order chi connectivity index (χ1) is 7.54. The highest BCUT2D eigenvalue weighted by molar-refractivity contribution is 6.21. The first-order valence-corrected chi connectivity index (χ1v) is 6.37. The van der Waals surface area contributed by atoms with E-state index < -0.39 is 0 Å². The summed E-state index contributed by atoms with van der Waals surface area (Å²) in [5.41, 5.74) is 1.43. The molecule has 1 aromatic carbocycles. The molecule has 1 aliphatic carbocycles. The van der Waals surface area contributed by atoms with Gasteiger partial charge in [-0.15, -0.1) is 11.6 Å². The Morgan fingerprint density at radius 3 is 2.38 bits per heavy atom. The fraction of sp³-hybridized carbons (Fsp3) is 0.571. The topological polar surface area (TPSA) is 9.23 Å². The van der Waals surface area contributed by atoms with Gasteiger partial charge in [-0.25, -0.2) is 0 Å². The molecule has 2 unspecified atom stereocenters. The van der Waals surface area contributed by atoms with Crippen molar-refractivity contribution in [2.45, 2.75) is 45.1 Å². The quantitative estimate of drug-likeness (QED) is 0.723. The van der Waals surface area contributed by atoms with Crippen LogP contribution in [0.5, 0.6) is 5.75 Å². The molecule has 2 heteroatoms. The summed E-state index contributed by atoms with van der Waals surface area (Å²) in [6.45, 7) is 6.49. The van der Waals surface area contributed by atoms with Crippen LogP contribution in [0.2, 0.25) is 0 Å². The number of hydrogen-bond acceptors (Lipinski definition) is 1. The lowest BCUT2D eigenvalue weighted by Gasteiger charge is -2.48. The third-order valence-corrected chi connectivity index (χ3v) is 4.41. The van der Waals surface area contributed by atoms with Gasteiger partial charge in [-0.3, -0.25) is 0 Å². The summed E-state index contributed by atoms with van der Waals surface area (Å²) in [6.07, 6.45) is 2.27. The molecule has 88 valence electrons. The van der Waals surface area contributed by atoms with Crippen molar-refractivity contribution in [2.75, 3.05) is 0 Å². The zero-order valence-electron chi connectivity index (χ0n) is 10.2. The minimum absolute atomic E-state index is 0.0883. The molecule has 0 bridgehead atoms. The molecule has 0 aromatic heterocycles. The molecule has 0 spiro atoms. The zero-order chi connectivity index (χ0) is 11.8. The average Bonchev–Trinajstić information content (AvgIpc) is 2.29. The van der Waals surface area contributed by atoms with Crippen molar-refractivity contribution in [2.24, 2.45) is 5.41 Å². The molecule has 16 heavy (non-hydrogen) atoms. The number of halogens is 1. The zero-order valence-corrected chi connectivity index (χ0v) is 10.9. The van der Waals surface area contributed by atoms with Crippen LogP contribution in [-0.2, 0) is 6.42 Å². The highest BCUT2D eigenvalue weighted by Gasteiger charge is 2.49. The van der Waals surface area contributed by atoms with Crippen LogP contribution in [-0.4, -0.2) is 11.5 Å². The number of hydrogen-bond donors (Lipinski definition) is 0. The number of aryl methyl sites for hydroxylation is 1. The Balaban J connectivity index is 2.00. The summed E-state index contributed by atoms with van der Waals surface area (Å²) in [7, 11) is 0. The van der Waals surface area contributed by atoms with Gasteiger partial charge in [0.05, 0.1) is 0 Å². The Labute approximate surface area is 103 Å². The standard InChI is InChI=1S/C14H19ClO/c1-4-10-5-7-11(8-6-10)16-13-9-12(15)14(13,2)3/h5-8,12-13H,4,9H2,1-3H3. The Morgan fingerprint density at radius 1 is 1.31 bits per heavy atom. The largest absolute Gasteiger partial charge is 0.490 e. The van der Waals surface area contributed by atoms with Crippen molar-refractivity contribution >= 4 is 11.6 Å². The summed E-state index contributed by atoms with van der Waals surface area (Å²) in [5, 5.41) is 0.243. The third kappa shape index (κ3) is 2.06. The van der Waals surface area contributed by atoms with E-state index in [1.54, 1.807) is 0 Å². The monoisotopic (exact) mass is 238 g/mol. The van der Waals surface area contributed by atoms with Gasteiger partial charge in [0.1, 0.15) is 11.9 Å². The number of ether oxygens (including phenoxy) is 1. The smallest absolute Gasteiger partial charge is 0.119 e. The Bertz CT molecular complexity index is 356. The third-order valence-electron chi connectivity index (χ3n) is 3.67. The van der Waals surface area contributed by atoms with Crippen LogP contribution < -0.4 is 4.74 Å². The first-order valence-electron chi connectivity index (χ1n) is 5.93. The Kier molecular flexibility index (Phi) is 3.16.